The highest BCUT2D eigenvalue weighted by molar-refractivity contribution is 7.99. The van der Waals surface area contributed by atoms with Crippen LogP contribution in [0.5, 0.6) is 0 Å². The van der Waals surface area contributed by atoms with Crippen LogP contribution in [0.25, 0.3) is 11.1 Å². The van der Waals surface area contributed by atoms with Crippen LogP contribution in [0.3, 0.4) is 0 Å². The van der Waals surface area contributed by atoms with E-state index in [0.717, 1.165) is 11.4 Å². The van der Waals surface area contributed by atoms with E-state index in [-0.39, 0.29) is 0 Å². The molecule has 0 bridgehead atoms. The fraction of sp³-hybridized carbons (Fsp3) is 0.150. The summed E-state index contributed by atoms with van der Waals surface area (Å²) in [6.07, 6.45) is 0. The predicted octanol–water partition coefficient (Wildman–Crippen LogP) is 5.29. The molecule has 0 aliphatic carbocycles. The van der Waals surface area contributed by atoms with E-state index in [4.69, 9.17) is 4.98 Å². The fourth-order valence-electron chi connectivity index (χ4n) is 3.15. The number of rotatable bonds is 2. The molecule has 1 aliphatic heterocycles. The predicted molar refractivity (Wildman–Crippen MR) is 93.4 cm³/mol. The van der Waals surface area contributed by atoms with Crippen LogP contribution in [-0.2, 0) is 0 Å². The molecule has 2 heterocycles. The van der Waals surface area contributed by atoms with Crippen molar-refractivity contribution in [2.45, 2.75) is 17.9 Å². The Morgan fingerprint density at radius 2 is 1.64 bits per heavy atom. The first-order chi connectivity index (χ1) is 10.8. The molecule has 0 N–H and O–H groups in total. The van der Waals surface area contributed by atoms with Gasteiger partial charge < -0.3 is 0 Å². The zero-order valence-electron chi connectivity index (χ0n) is 12.5. The molecule has 0 radical (unpaired) electrons. The van der Waals surface area contributed by atoms with Crippen LogP contribution in [0.15, 0.2) is 71.8 Å². The maximum Gasteiger partial charge on any atom is 0.101 e. The Bertz CT molecular complexity index is 797. The molecule has 1 aromatic heterocycles. The average Bonchev–Trinajstić information content (AvgIpc) is 2.99. The van der Waals surface area contributed by atoms with Crippen LogP contribution in [0.1, 0.15) is 22.7 Å². The maximum atomic E-state index is 4.78. The second-order valence-corrected chi connectivity index (χ2v) is 6.68. The largest absolute Gasteiger partial charge is 0.246 e. The van der Waals surface area contributed by atoms with Crippen LogP contribution in [0, 0.1) is 6.92 Å². The van der Waals surface area contributed by atoms with Gasteiger partial charge in [-0.2, -0.15) is 0 Å². The molecule has 1 aliphatic rings. The number of benzene rings is 2. The van der Waals surface area contributed by atoms with Crippen molar-refractivity contribution in [2.24, 2.45) is 0 Å². The van der Waals surface area contributed by atoms with E-state index in [1.807, 2.05) is 11.8 Å². The number of thioether (sulfide) groups is 1. The van der Waals surface area contributed by atoms with Crippen LogP contribution >= 0.6 is 11.8 Å². The summed E-state index contributed by atoms with van der Waals surface area (Å²) in [7, 11) is 0. The molecule has 0 spiro atoms. The molecule has 1 nitrogen and oxygen atoms in total. The summed E-state index contributed by atoms with van der Waals surface area (Å²) in [5, 5.41) is 1.20. The Hall–Kier alpha value is -2.06. The number of aromatic nitrogens is 1. The standard InChI is InChI=1S/C20H17NS/c1-14-12-17(15-8-4-2-5-9-15)19-18(13-22-20(19)21-14)16-10-6-3-7-11-16/h2-12,18H,13H2,1H3. The van der Waals surface area contributed by atoms with Gasteiger partial charge in [0.1, 0.15) is 5.03 Å². The van der Waals surface area contributed by atoms with Gasteiger partial charge in [0.25, 0.3) is 0 Å². The normalized spacial score (nSPS) is 16.5. The third-order valence-corrected chi connectivity index (χ3v) is 5.26. The van der Waals surface area contributed by atoms with Crippen molar-refractivity contribution < 1.29 is 0 Å². The summed E-state index contributed by atoms with van der Waals surface area (Å²) < 4.78 is 0. The van der Waals surface area contributed by atoms with Crippen molar-refractivity contribution in [1.29, 1.82) is 0 Å². The highest BCUT2D eigenvalue weighted by Crippen LogP contribution is 2.46. The summed E-state index contributed by atoms with van der Waals surface area (Å²) in [6, 6.07) is 23.7. The zero-order chi connectivity index (χ0) is 14.9. The first-order valence-corrected chi connectivity index (χ1v) is 8.56. The Labute approximate surface area is 135 Å². The van der Waals surface area contributed by atoms with Crippen molar-refractivity contribution in [3.05, 3.63) is 83.6 Å². The van der Waals surface area contributed by atoms with Gasteiger partial charge in [0.05, 0.1) is 0 Å². The lowest BCUT2D eigenvalue weighted by atomic mass is 9.88. The summed E-state index contributed by atoms with van der Waals surface area (Å²) in [5.41, 5.74) is 6.50. The third kappa shape index (κ3) is 2.34. The molecule has 0 fully saturated rings. The van der Waals surface area contributed by atoms with E-state index in [0.29, 0.717) is 5.92 Å². The molecule has 1 atom stereocenters. The minimum atomic E-state index is 0.435. The number of hydrogen-bond acceptors (Lipinski definition) is 2. The Kier molecular flexibility index (Phi) is 3.47. The maximum absolute atomic E-state index is 4.78. The van der Waals surface area contributed by atoms with Gasteiger partial charge in [-0.25, -0.2) is 4.98 Å². The topological polar surface area (TPSA) is 12.9 Å². The van der Waals surface area contributed by atoms with Gasteiger partial charge in [-0.15, -0.1) is 11.8 Å². The lowest BCUT2D eigenvalue weighted by Gasteiger charge is -2.16. The number of nitrogens with zero attached hydrogens (tertiary/aromatic N) is 1. The monoisotopic (exact) mass is 303 g/mol. The van der Waals surface area contributed by atoms with Crippen molar-refractivity contribution in [2.75, 3.05) is 5.75 Å². The van der Waals surface area contributed by atoms with Gasteiger partial charge in [-0.05, 0) is 29.7 Å². The van der Waals surface area contributed by atoms with Crippen molar-refractivity contribution in [3.63, 3.8) is 0 Å². The second-order valence-electron chi connectivity index (χ2n) is 5.67. The SMILES string of the molecule is Cc1cc(-c2ccccc2)c2c(n1)SCC2c1ccccc1. The first-order valence-electron chi connectivity index (χ1n) is 7.57. The number of fused-ring (bicyclic) bond motifs is 1. The summed E-state index contributed by atoms with van der Waals surface area (Å²) in [6.45, 7) is 2.09. The number of hydrogen-bond donors (Lipinski definition) is 0. The smallest absolute Gasteiger partial charge is 0.101 e. The van der Waals surface area contributed by atoms with Crippen molar-refractivity contribution in [1.82, 2.24) is 4.98 Å². The van der Waals surface area contributed by atoms with Crippen LogP contribution in [-0.4, -0.2) is 10.7 Å². The summed E-state index contributed by atoms with van der Waals surface area (Å²) in [5.74, 6) is 1.51. The number of pyridine rings is 1. The summed E-state index contributed by atoms with van der Waals surface area (Å²) >= 11 is 1.88. The van der Waals surface area contributed by atoms with Gasteiger partial charge >= 0.3 is 0 Å². The van der Waals surface area contributed by atoms with E-state index < -0.39 is 0 Å². The zero-order valence-corrected chi connectivity index (χ0v) is 13.3. The summed E-state index contributed by atoms with van der Waals surface area (Å²) in [4.78, 5) is 4.78. The van der Waals surface area contributed by atoms with Crippen molar-refractivity contribution >= 4 is 11.8 Å². The van der Waals surface area contributed by atoms with Gasteiger partial charge in [0, 0.05) is 22.9 Å². The Morgan fingerprint density at radius 1 is 0.955 bits per heavy atom. The van der Waals surface area contributed by atoms with E-state index >= 15 is 0 Å². The van der Waals surface area contributed by atoms with Crippen LogP contribution in [0.4, 0.5) is 0 Å². The molecule has 2 heteroatoms. The Balaban J connectivity index is 1.91. The van der Waals surface area contributed by atoms with Gasteiger partial charge in [-0.3, -0.25) is 0 Å². The molecule has 1 unspecified atom stereocenters. The van der Waals surface area contributed by atoms with Gasteiger partial charge in [0.15, 0.2) is 0 Å². The molecule has 3 aromatic rings. The molecule has 0 saturated carbocycles. The highest BCUT2D eigenvalue weighted by Gasteiger charge is 2.29. The molecule has 4 rings (SSSR count). The molecule has 22 heavy (non-hydrogen) atoms. The molecule has 0 saturated heterocycles. The minimum Gasteiger partial charge on any atom is -0.246 e. The van der Waals surface area contributed by atoms with Gasteiger partial charge in [-0.1, -0.05) is 60.7 Å². The molecular weight excluding hydrogens is 286 g/mol. The van der Waals surface area contributed by atoms with Crippen LogP contribution < -0.4 is 0 Å². The quantitative estimate of drug-likeness (QED) is 0.637. The van der Waals surface area contributed by atoms with E-state index in [9.17, 15) is 0 Å². The van der Waals surface area contributed by atoms with E-state index in [2.05, 4.69) is 73.7 Å². The molecule has 108 valence electrons. The lowest BCUT2D eigenvalue weighted by Crippen LogP contribution is -2.02. The Morgan fingerprint density at radius 3 is 2.36 bits per heavy atom. The van der Waals surface area contributed by atoms with E-state index in [1.165, 1.54) is 27.3 Å². The molecule has 0 amide bonds. The van der Waals surface area contributed by atoms with Crippen molar-refractivity contribution in [3.8, 4) is 11.1 Å². The second kappa shape index (κ2) is 5.62. The van der Waals surface area contributed by atoms with Crippen LogP contribution in [0.2, 0.25) is 0 Å². The van der Waals surface area contributed by atoms with E-state index in [1.54, 1.807) is 0 Å². The minimum absolute atomic E-state index is 0.435. The molecular formula is C20H17NS. The lowest BCUT2D eigenvalue weighted by molar-refractivity contribution is 0.905. The molecule has 2 aromatic carbocycles. The van der Waals surface area contributed by atoms with Gasteiger partial charge in [0.2, 0.25) is 0 Å². The number of aryl methyl sites for hydroxylation is 1. The first kappa shape index (κ1) is 13.6. The fourth-order valence-corrected chi connectivity index (χ4v) is 4.45. The highest BCUT2D eigenvalue weighted by atomic mass is 32.2. The average molecular weight is 303 g/mol. The third-order valence-electron chi connectivity index (χ3n) is 4.17.